The summed E-state index contributed by atoms with van der Waals surface area (Å²) < 4.78 is 3.87. The van der Waals surface area contributed by atoms with Gasteiger partial charge in [-0.1, -0.05) is 23.9 Å². The van der Waals surface area contributed by atoms with Crippen molar-refractivity contribution in [1.29, 1.82) is 0 Å². The van der Waals surface area contributed by atoms with Gasteiger partial charge in [0.25, 0.3) is 0 Å². The van der Waals surface area contributed by atoms with Crippen molar-refractivity contribution < 1.29 is 4.79 Å². The number of nitrogens with one attached hydrogen (secondary N) is 1. The topological polar surface area (TPSA) is 77.6 Å². The number of benzene rings is 1. The van der Waals surface area contributed by atoms with Gasteiger partial charge in [0.15, 0.2) is 5.16 Å². The van der Waals surface area contributed by atoms with Gasteiger partial charge in [0.05, 0.1) is 11.4 Å². The Hall–Kier alpha value is -2.61. The number of thioether (sulfide) groups is 1. The van der Waals surface area contributed by atoms with Gasteiger partial charge >= 0.3 is 0 Å². The summed E-state index contributed by atoms with van der Waals surface area (Å²) in [5.74, 6) is 1.12. The molecule has 0 spiro atoms. The third-order valence-electron chi connectivity index (χ3n) is 4.18. The van der Waals surface area contributed by atoms with E-state index in [0.29, 0.717) is 12.3 Å². The molecular formula is C19H24N6OS. The van der Waals surface area contributed by atoms with Crippen LogP contribution >= 0.6 is 11.8 Å². The van der Waals surface area contributed by atoms with Crippen molar-refractivity contribution in [1.82, 2.24) is 29.9 Å². The molecule has 1 amide bonds. The molecule has 0 unspecified atom stereocenters. The summed E-state index contributed by atoms with van der Waals surface area (Å²) in [5.41, 5.74) is 3.38. The van der Waals surface area contributed by atoms with Crippen LogP contribution in [0, 0.1) is 20.8 Å². The van der Waals surface area contributed by atoms with Gasteiger partial charge in [0.1, 0.15) is 5.82 Å². The highest BCUT2D eigenvalue weighted by molar-refractivity contribution is 7.99. The summed E-state index contributed by atoms with van der Waals surface area (Å²) in [6.45, 7) is 7.47. The first kappa shape index (κ1) is 19.2. The van der Waals surface area contributed by atoms with Crippen LogP contribution in [0.1, 0.15) is 23.4 Å². The van der Waals surface area contributed by atoms with Crippen LogP contribution in [0.15, 0.2) is 41.8 Å². The minimum atomic E-state index is -0.00590. The van der Waals surface area contributed by atoms with Crippen molar-refractivity contribution >= 4 is 17.7 Å². The standard InChI is InChI=1S/C19H24N6OS/c1-14-6-7-15(2)17(12-14)25-16(3)22-23-19(25)27-13-18(26)20-8-4-10-24-11-5-9-21-24/h5-7,9,11-12H,4,8,10,13H2,1-3H3,(H,20,26). The Balaban J connectivity index is 1.55. The van der Waals surface area contributed by atoms with E-state index in [-0.39, 0.29) is 5.91 Å². The number of rotatable bonds is 8. The van der Waals surface area contributed by atoms with E-state index in [1.165, 1.54) is 17.3 Å². The van der Waals surface area contributed by atoms with Gasteiger partial charge in [0.2, 0.25) is 5.91 Å². The first-order chi connectivity index (χ1) is 13.0. The van der Waals surface area contributed by atoms with Crippen LogP contribution in [0.3, 0.4) is 0 Å². The molecule has 142 valence electrons. The molecule has 0 saturated carbocycles. The van der Waals surface area contributed by atoms with E-state index >= 15 is 0 Å². The summed E-state index contributed by atoms with van der Waals surface area (Å²) in [4.78, 5) is 12.1. The molecular weight excluding hydrogens is 360 g/mol. The first-order valence-corrected chi connectivity index (χ1v) is 9.89. The van der Waals surface area contributed by atoms with Crippen LogP contribution in [-0.4, -0.2) is 42.7 Å². The maximum Gasteiger partial charge on any atom is 0.230 e. The Morgan fingerprint density at radius 3 is 2.85 bits per heavy atom. The van der Waals surface area contributed by atoms with Gasteiger partial charge in [-0.25, -0.2) is 0 Å². The van der Waals surface area contributed by atoms with Crippen molar-refractivity contribution in [3.8, 4) is 5.69 Å². The second kappa shape index (κ2) is 8.85. The minimum Gasteiger partial charge on any atom is -0.355 e. The average Bonchev–Trinajstić information content (AvgIpc) is 3.29. The fraction of sp³-hybridized carbons (Fsp3) is 0.368. The maximum atomic E-state index is 12.1. The van der Waals surface area contributed by atoms with Gasteiger partial charge in [-0.05, 0) is 50.5 Å². The van der Waals surface area contributed by atoms with Crippen LogP contribution < -0.4 is 5.32 Å². The lowest BCUT2D eigenvalue weighted by Gasteiger charge is -2.12. The fourth-order valence-electron chi connectivity index (χ4n) is 2.76. The van der Waals surface area contributed by atoms with Crippen LogP contribution in [0.5, 0.6) is 0 Å². The molecule has 3 aromatic rings. The van der Waals surface area contributed by atoms with Crippen LogP contribution in [-0.2, 0) is 11.3 Å². The van der Waals surface area contributed by atoms with Crippen LogP contribution in [0.25, 0.3) is 5.69 Å². The van der Waals surface area contributed by atoms with Gasteiger partial charge in [-0.15, -0.1) is 10.2 Å². The van der Waals surface area contributed by atoms with Crippen molar-refractivity contribution in [2.24, 2.45) is 0 Å². The van der Waals surface area contributed by atoms with E-state index in [4.69, 9.17) is 0 Å². The van der Waals surface area contributed by atoms with Crippen molar-refractivity contribution in [3.05, 3.63) is 53.6 Å². The lowest BCUT2D eigenvalue weighted by molar-refractivity contribution is -0.118. The molecule has 7 nitrogen and oxygen atoms in total. The largest absolute Gasteiger partial charge is 0.355 e. The Bertz CT molecular complexity index is 903. The quantitative estimate of drug-likeness (QED) is 0.477. The highest BCUT2D eigenvalue weighted by atomic mass is 32.2. The Kier molecular flexibility index (Phi) is 6.28. The predicted molar refractivity (Wildman–Crippen MR) is 106 cm³/mol. The van der Waals surface area contributed by atoms with Crippen molar-refractivity contribution in [3.63, 3.8) is 0 Å². The number of hydrogen-bond donors (Lipinski definition) is 1. The van der Waals surface area contributed by atoms with Crippen molar-refractivity contribution in [2.75, 3.05) is 12.3 Å². The van der Waals surface area contributed by atoms with Crippen LogP contribution in [0.4, 0.5) is 0 Å². The summed E-state index contributed by atoms with van der Waals surface area (Å²) in [6, 6.07) is 8.18. The summed E-state index contributed by atoms with van der Waals surface area (Å²) in [6.07, 6.45) is 4.51. The second-order valence-electron chi connectivity index (χ2n) is 6.42. The molecule has 2 heterocycles. The molecule has 0 aliphatic heterocycles. The molecule has 1 aromatic carbocycles. The van der Waals surface area contributed by atoms with E-state index in [2.05, 4.69) is 52.7 Å². The molecule has 0 aliphatic rings. The second-order valence-corrected chi connectivity index (χ2v) is 7.36. The highest BCUT2D eigenvalue weighted by Gasteiger charge is 2.15. The number of hydrogen-bond acceptors (Lipinski definition) is 5. The normalized spacial score (nSPS) is 10.9. The van der Waals surface area contributed by atoms with E-state index in [1.807, 2.05) is 28.4 Å². The summed E-state index contributed by atoms with van der Waals surface area (Å²) in [7, 11) is 0. The van der Waals surface area contributed by atoms with Gasteiger partial charge in [0, 0.05) is 25.5 Å². The van der Waals surface area contributed by atoms with Gasteiger partial charge in [-0.2, -0.15) is 5.10 Å². The SMILES string of the molecule is Cc1ccc(C)c(-n2c(C)nnc2SCC(=O)NCCCn2cccn2)c1. The Morgan fingerprint density at radius 1 is 1.22 bits per heavy atom. The smallest absolute Gasteiger partial charge is 0.230 e. The third-order valence-corrected chi connectivity index (χ3v) is 5.11. The summed E-state index contributed by atoms with van der Waals surface area (Å²) in [5, 5.41) is 16.3. The zero-order valence-corrected chi connectivity index (χ0v) is 16.7. The molecule has 0 bridgehead atoms. The molecule has 8 heteroatoms. The lowest BCUT2D eigenvalue weighted by Crippen LogP contribution is -2.27. The maximum absolute atomic E-state index is 12.1. The molecule has 27 heavy (non-hydrogen) atoms. The van der Waals surface area contributed by atoms with E-state index in [1.54, 1.807) is 6.20 Å². The molecule has 0 saturated heterocycles. The Morgan fingerprint density at radius 2 is 2.07 bits per heavy atom. The third kappa shape index (κ3) is 4.97. The number of nitrogens with zero attached hydrogens (tertiary/aromatic N) is 5. The molecule has 0 atom stereocenters. The average molecular weight is 385 g/mol. The lowest BCUT2D eigenvalue weighted by atomic mass is 10.1. The predicted octanol–water partition coefficient (Wildman–Crippen LogP) is 2.69. The monoisotopic (exact) mass is 384 g/mol. The molecule has 1 N–H and O–H groups in total. The number of amides is 1. The molecule has 0 aliphatic carbocycles. The molecule has 2 aromatic heterocycles. The molecule has 3 rings (SSSR count). The van der Waals surface area contributed by atoms with Crippen molar-refractivity contribution in [2.45, 2.75) is 38.9 Å². The number of carbonyl (C=O) groups excluding carboxylic acids is 1. The zero-order valence-electron chi connectivity index (χ0n) is 15.8. The minimum absolute atomic E-state index is 0.00590. The zero-order chi connectivity index (χ0) is 19.2. The molecule has 0 fully saturated rings. The Labute approximate surface area is 163 Å². The molecule has 0 radical (unpaired) electrons. The highest BCUT2D eigenvalue weighted by Crippen LogP contribution is 2.24. The van der Waals surface area contributed by atoms with E-state index < -0.39 is 0 Å². The number of aryl methyl sites for hydroxylation is 4. The van der Waals surface area contributed by atoms with Crippen LogP contribution in [0.2, 0.25) is 0 Å². The first-order valence-electron chi connectivity index (χ1n) is 8.91. The van der Waals surface area contributed by atoms with Gasteiger partial charge < -0.3 is 5.32 Å². The van der Waals surface area contributed by atoms with E-state index in [9.17, 15) is 4.79 Å². The number of carbonyl (C=O) groups is 1. The van der Waals surface area contributed by atoms with Gasteiger partial charge in [-0.3, -0.25) is 14.0 Å². The summed E-state index contributed by atoms with van der Waals surface area (Å²) >= 11 is 1.40. The van der Waals surface area contributed by atoms with E-state index in [0.717, 1.165) is 35.2 Å². The fourth-order valence-corrected chi connectivity index (χ4v) is 3.58. The number of aromatic nitrogens is 5.